The van der Waals surface area contributed by atoms with Crippen LogP contribution in [0.2, 0.25) is 0 Å². The number of nitrogens with zero attached hydrogens (tertiary/aromatic N) is 1. The van der Waals surface area contributed by atoms with E-state index < -0.39 is 0 Å². The molecule has 0 spiro atoms. The van der Waals surface area contributed by atoms with E-state index in [1.807, 2.05) is 30.3 Å². The molecule has 2 rings (SSSR count). The second-order valence-electron chi connectivity index (χ2n) is 4.75. The van der Waals surface area contributed by atoms with Crippen molar-refractivity contribution in [3.8, 4) is 0 Å². The van der Waals surface area contributed by atoms with Crippen molar-refractivity contribution in [1.29, 1.82) is 0 Å². The lowest BCUT2D eigenvalue weighted by Crippen LogP contribution is -2.46. The summed E-state index contributed by atoms with van der Waals surface area (Å²) in [5.74, 6) is 0.205. The van der Waals surface area contributed by atoms with Crippen LogP contribution in [0.3, 0.4) is 0 Å². The highest BCUT2D eigenvalue weighted by atomic mass is 16.4. The Bertz CT molecular complexity index is 402. The van der Waals surface area contributed by atoms with Crippen LogP contribution in [0.15, 0.2) is 35.5 Å². The van der Waals surface area contributed by atoms with E-state index in [9.17, 15) is 5.11 Å². The van der Waals surface area contributed by atoms with Crippen LogP contribution in [0.1, 0.15) is 30.9 Å². The van der Waals surface area contributed by atoms with Gasteiger partial charge in [-0.15, -0.1) is 0 Å². The Balaban J connectivity index is 2.03. The Hall–Kier alpha value is -1.59. The van der Waals surface area contributed by atoms with Crippen LogP contribution < -0.4 is 11.1 Å². The minimum absolute atomic E-state index is 0.0135. The average molecular weight is 249 g/mol. The summed E-state index contributed by atoms with van der Waals surface area (Å²) in [6.07, 6.45) is 1.79. The maximum Gasteiger partial charge on any atom is 0.141 e. The predicted molar refractivity (Wildman–Crippen MR) is 69.4 cm³/mol. The number of nitrogens with one attached hydrogen (secondary N) is 1. The highest BCUT2D eigenvalue weighted by molar-refractivity contribution is 5.80. The van der Waals surface area contributed by atoms with E-state index in [-0.39, 0.29) is 18.0 Å². The van der Waals surface area contributed by atoms with Crippen LogP contribution in [0.5, 0.6) is 0 Å². The molecule has 98 valence electrons. The van der Waals surface area contributed by atoms with Gasteiger partial charge in [0.2, 0.25) is 0 Å². The summed E-state index contributed by atoms with van der Waals surface area (Å²) in [6.45, 7) is 0. The van der Waals surface area contributed by atoms with Gasteiger partial charge in [-0.2, -0.15) is 0 Å². The lowest BCUT2D eigenvalue weighted by Gasteiger charge is -2.35. The summed E-state index contributed by atoms with van der Waals surface area (Å²) < 4.78 is 0. The molecule has 18 heavy (non-hydrogen) atoms. The predicted octanol–water partition coefficient (Wildman–Crippen LogP) is 0.977. The van der Waals surface area contributed by atoms with Crippen LogP contribution in [-0.4, -0.2) is 28.3 Å². The molecule has 1 aromatic rings. The van der Waals surface area contributed by atoms with Gasteiger partial charge >= 0.3 is 0 Å². The highest BCUT2D eigenvalue weighted by Gasteiger charge is 2.29. The van der Waals surface area contributed by atoms with E-state index in [0.717, 1.165) is 18.4 Å². The minimum Gasteiger partial charge on any atom is -0.409 e. The monoisotopic (exact) mass is 249 g/mol. The molecule has 5 heteroatoms. The molecule has 1 atom stereocenters. The van der Waals surface area contributed by atoms with Gasteiger partial charge in [0.05, 0.1) is 6.10 Å². The molecule has 1 saturated carbocycles. The van der Waals surface area contributed by atoms with Crippen LogP contribution in [0, 0.1) is 0 Å². The standard InChI is InChI=1S/C13H19N3O2/c14-13(16-18)8-12(9-4-2-1-3-5-9)15-10-6-11(17)7-10/h1-5,10-12,15,17-18H,6-8H2,(H2,14,16). The lowest BCUT2D eigenvalue weighted by molar-refractivity contribution is 0.0579. The van der Waals surface area contributed by atoms with Crippen LogP contribution in [0.4, 0.5) is 0 Å². The molecule has 1 aliphatic carbocycles. The molecule has 0 aromatic heterocycles. The SMILES string of the molecule is NC(CC(NC1CC(O)C1)c1ccccc1)=NO. The van der Waals surface area contributed by atoms with Crippen molar-refractivity contribution in [2.24, 2.45) is 10.9 Å². The molecule has 1 unspecified atom stereocenters. The summed E-state index contributed by atoms with van der Waals surface area (Å²) in [4.78, 5) is 0. The molecule has 1 fully saturated rings. The smallest absolute Gasteiger partial charge is 0.141 e. The third-order valence-corrected chi connectivity index (χ3v) is 3.29. The van der Waals surface area contributed by atoms with Crippen molar-refractivity contribution in [2.75, 3.05) is 0 Å². The summed E-state index contributed by atoms with van der Waals surface area (Å²) in [5.41, 5.74) is 6.69. The van der Waals surface area contributed by atoms with Crippen molar-refractivity contribution in [3.05, 3.63) is 35.9 Å². The molecule has 5 N–H and O–H groups in total. The van der Waals surface area contributed by atoms with Crippen LogP contribution in [0.25, 0.3) is 0 Å². The van der Waals surface area contributed by atoms with Gasteiger partial charge in [-0.1, -0.05) is 35.5 Å². The first kappa shape index (κ1) is 12.9. The van der Waals surface area contributed by atoms with Gasteiger partial charge in [-0.05, 0) is 18.4 Å². The zero-order valence-electron chi connectivity index (χ0n) is 10.2. The lowest BCUT2D eigenvalue weighted by atomic mass is 9.88. The quantitative estimate of drug-likeness (QED) is 0.271. The first-order valence-electron chi connectivity index (χ1n) is 6.14. The largest absolute Gasteiger partial charge is 0.409 e. The number of oxime groups is 1. The van der Waals surface area contributed by atoms with Crippen molar-refractivity contribution in [1.82, 2.24) is 5.32 Å². The third kappa shape index (κ3) is 3.21. The van der Waals surface area contributed by atoms with Gasteiger partial charge in [-0.3, -0.25) is 0 Å². The molecule has 0 aliphatic heterocycles. The normalized spacial score (nSPS) is 25.5. The first-order valence-corrected chi connectivity index (χ1v) is 6.14. The number of rotatable bonds is 5. The van der Waals surface area contributed by atoms with Gasteiger partial charge in [0, 0.05) is 18.5 Å². The second kappa shape index (κ2) is 5.84. The molecule has 0 amide bonds. The maximum atomic E-state index is 9.30. The third-order valence-electron chi connectivity index (χ3n) is 3.29. The van der Waals surface area contributed by atoms with Gasteiger partial charge in [-0.25, -0.2) is 0 Å². The number of hydrogen-bond acceptors (Lipinski definition) is 4. The van der Waals surface area contributed by atoms with Crippen molar-refractivity contribution < 1.29 is 10.3 Å². The van der Waals surface area contributed by atoms with E-state index in [0.29, 0.717) is 12.5 Å². The fourth-order valence-corrected chi connectivity index (χ4v) is 2.22. The first-order chi connectivity index (χ1) is 8.69. The molecule has 0 heterocycles. The molecular weight excluding hydrogens is 230 g/mol. The molecule has 1 aliphatic rings. The molecule has 1 aromatic carbocycles. The van der Waals surface area contributed by atoms with Crippen LogP contribution >= 0.6 is 0 Å². The molecule has 0 bridgehead atoms. The number of benzene rings is 1. The van der Waals surface area contributed by atoms with E-state index in [4.69, 9.17) is 10.9 Å². The van der Waals surface area contributed by atoms with Crippen LogP contribution in [-0.2, 0) is 0 Å². The topological polar surface area (TPSA) is 90.9 Å². The van der Waals surface area contributed by atoms with E-state index in [1.54, 1.807) is 0 Å². The van der Waals surface area contributed by atoms with Gasteiger partial charge in [0.1, 0.15) is 5.84 Å². The average Bonchev–Trinajstić information content (AvgIpc) is 2.36. The summed E-state index contributed by atoms with van der Waals surface area (Å²) in [6, 6.07) is 10.2. The number of nitrogens with two attached hydrogens (primary N) is 1. The Morgan fingerprint density at radius 3 is 2.61 bits per heavy atom. The minimum atomic E-state index is -0.192. The molecular formula is C13H19N3O2. The van der Waals surface area contributed by atoms with Crippen molar-refractivity contribution in [3.63, 3.8) is 0 Å². The maximum absolute atomic E-state index is 9.30. The van der Waals surface area contributed by atoms with E-state index >= 15 is 0 Å². The second-order valence-corrected chi connectivity index (χ2v) is 4.75. The van der Waals surface area contributed by atoms with Gasteiger partial charge in [0.15, 0.2) is 0 Å². The van der Waals surface area contributed by atoms with Crippen molar-refractivity contribution in [2.45, 2.75) is 37.5 Å². The fourth-order valence-electron chi connectivity index (χ4n) is 2.22. The summed E-state index contributed by atoms with van der Waals surface area (Å²) in [5, 5.41) is 24.4. The number of aliphatic hydroxyl groups excluding tert-OH is 1. The number of aliphatic hydroxyl groups is 1. The Morgan fingerprint density at radius 2 is 2.06 bits per heavy atom. The Kier molecular flexibility index (Phi) is 4.17. The van der Waals surface area contributed by atoms with Gasteiger partial charge < -0.3 is 21.4 Å². The zero-order chi connectivity index (χ0) is 13.0. The fraction of sp³-hybridized carbons (Fsp3) is 0.462. The highest BCUT2D eigenvalue weighted by Crippen LogP contribution is 2.25. The Labute approximate surface area is 106 Å². The molecule has 0 saturated heterocycles. The summed E-state index contributed by atoms with van der Waals surface area (Å²) in [7, 11) is 0. The molecule has 0 radical (unpaired) electrons. The summed E-state index contributed by atoms with van der Waals surface area (Å²) >= 11 is 0. The zero-order valence-corrected chi connectivity index (χ0v) is 10.2. The van der Waals surface area contributed by atoms with E-state index in [2.05, 4.69) is 10.5 Å². The number of amidine groups is 1. The number of hydrogen-bond donors (Lipinski definition) is 4. The molecule has 5 nitrogen and oxygen atoms in total. The van der Waals surface area contributed by atoms with Gasteiger partial charge in [0.25, 0.3) is 0 Å². The Morgan fingerprint density at radius 1 is 1.39 bits per heavy atom. The van der Waals surface area contributed by atoms with E-state index in [1.165, 1.54) is 0 Å². The van der Waals surface area contributed by atoms with Crippen molar-refractivity contribution >= 4 is 5.84 Å².